The Hall–Kier alpha value is -0.200. The molecular formula is C22H46O5. The Bertz CT molecular complexity index is 311. The minimum atomic E-state index is -0.886. The summed E-state index contributed by atoms with van der Waals surface area (Å²) < 4.78 is 10.6. The first-order chi connectivity index (χ1) is 12.8. The van der Waals surface area contributed by atoms with E-state index in [1.807, 2.05) is 0 Å². The van der Waals surface area contributed by atoms with Crippen molar-refractivity contribution in [1.82, 2.24) is 0 Å². The second kappa shape index (κ2) is 17.9. The lowest BCUT2D eigenvalue weighted by Gasteiger charge is -2.16. The van der Waals surface area contributed by atoms with Crippen LogP contribution in [0.2, 0.25) is 0 Å². The molecule has 0 spiro atoms. The van der Waals surface area contributed by atoms with Crippen LogP contribution in [0.15, 0.2) is 0 Å². The van der Waals surface area contributed by atoms with Crippen molar-refractivity contribution < 1.29 is 24.8 Å². The number of hydrogen-bond donors (Lipinski definition) is 3. The zero-order valence-electron chi connectivity index (χ0n) is 18.2. The zero-order chi connectivity index (χ0) is 20.5. The van der Waals surface area contributed by atoms with Gasteiger partial charge in [0, 0.05) is 6.61 Å². The summed E-state index contributed by atoms with van der Waals surface area (Å²) in [6.07, 6.45) is 8.64. The van der Waals surface area contributed by atoms with Crippen molar-refractivity contribution in [2.75, 3.05) is 33.0 Å². The fourth-order valence-electron chi connectivity index (χ4n) is 3.17. The summed E-state index contributed by atoms with van der Waals surface area (Å²) in [7, 11) is 0. The molecule has 0 saturated carbocycles. The first-order valence-corrected chi connectivity index (χ1v) is 11.0. The van der Waals surface area contributed by atoms with Gasteiger partial charge in [-0.05, 0) is 30.6 Å². The second-order valence-corrected chi connectivity index (χ2v) is 8.71. The van der Waals surface area contributed by atoms with Crippen molar-refractivity contribution >= 4 is 0 Å². The molecule has 0 fully saturated rings. The largest absolute Gasteiger partial charge is 0.394 e. The smallest absolute Gasteiger partial charge is 0.101 e. The molecule has 4 unspecified atom stereocenters. The zero-order valence-corrected chi connectivity index (χ0v) is 18.2. The fourth-order valence-corrected chi connectivity index (χ4v) is 3.17. The normalized spacial score (nSPS) is 16.4. The molecule has 5 nitrogen and oxygen atoms in total. The number of ether oxygens (including phenoxy) is 2. The van der Waals surface area contributed by atoms with Gasteiger partial charge in [0.2, 0.25) is 0 Å². The van der Waals surface area contributed by atoms with E-state index in [9.17, 15) is 5.11 Å². The van der Waals surface area contributed by atoms with Crippen LogP contribution in [-0.4, -0.2) is 60.6 Å². The Labute approximate surface area is 167 Å². The second-order valence-electron chi connectivity index (χ2n) is 8.71. The molecular weight excluding hydrogens is 344 g/mol. The molecule has 0 bridgehead atoms. The molecule has 4 atom stereocenters. The number of aliphatic hydroxyl groups excluding tert-OH is 3. The molecule has 3 N–H and O–H groups in total. The van der Waals surface area contributed by atoms with Gasteiger partial charge >= 0.3 is 0 Å². The Morgan fingerprint density at radius 3 is 1.67 bits per heavy atom. The van der Waals surface area contributed by atoms with Gasteiger partial charge in [0.05, 0.1) is 26.4 Å². The van der Waals surface area contributed by atoms with E-state index in [1.54, 1.807) is 0 Å². The van der Waals surface area contributed by atoms with Crippen LogP contribution in [-0.2, 0) is 9.47 Å². The molecule has 0 saturated heterocycles. The third kappa shape index (κ3) is 18.9. The summed E-state index contributed by atoms with van der Waals surface area (Å²) in [5.74, 6) is 2.40. The Balaban J connectivity index is 3.46. The summed E-state index contributed by atoms with van der Waals surface area (Å²) in [5.41, 5.74) is 0. The fraction of sp³-hybridized carbons (Fsp3) is 1.00. The summed E-state index contributed by atoms with van der Waals surface area (Å²) in [6, 6.07) is 0. The van der Waals surface area contributed by atoms with Crippen LogP contribution in [0.1, 0.15) is 79.1 Å². The number of rotatable bonds is 19. The van der Waals surface area contributed by atoms with E-state index in [-0.39, 0.29) is 26.4 Å². The molecule has 0 rings (SSSR count). The summed E-state index contributed by atoms with van der Waals surface area (Å²) in [5, 5.41) is 27.5. The average molecular weight is 391 g/mol. The van der Waals surface area contributed by atoms with Gasteiger partial charge in [-0.2, -0.15) is 0 Å². The lowest BCUT2D eigenvalue weighted by Crippen LogP contribution is -2.26. The minimum absolute atomic E-state index is 0.0292. The van der Waals surface area contributed by atoms with Gasteiger partial charge < -0.3 is 24.8 Å². The number of aliphatic hydroxyl groups is 3. The van der Waals surface area contributed by atoms with Crippen molar-refractivity contribution in [3.63, 3.8) is 0 Å². The Kier molecular flexibility index (Phi) is 17.7. The highest BCUT2D eigenvalue weighted by atomic mass is 16.5. The molecule has 0 aromatic heterocycles. The van der Waals surface area contributed by atoms with Crippen LogP contribution in [0.25, 0.3) is 0 Å². The molecule has 164 valence electrons. The van der Waals surface area contributed by atoms with Gasteiger partial charge in [-0.25, -0.2) is 0 Å². The summed E-state index contributed by atoms with van der Waals surface area (Å²) >= 11 is 0. The molecule has 27 heavy (non-hydrogen) atoms. The van der Waals surface area contributed by atoms with Gasteiger partial charge in [-0.1, -0.05) is 66.2 Å². The Morgan fingerprint density at radius 1 is 0.630 bits per heavy atom. The van der Waals surface area contributed by atoms with Crippen LogP contribution < -0.4 is 0 Å². The Morgan fingerprint density at radius 2 is 1.11 bits per heavy atom. The van der Waals surface area contributed by atoms with E-state index < -0.39 is 12.2 Å². The highest BCUT2D eigenvalue weighted by Gasteiger charge is 2.09. The van der Waals surface area contributed by atoms with Crippen molar-refractivity contribution in [3.8, 4) is 0 Å². The maximum atomic E-state index is 9.71. The van der Waals surface area contributed by atoms with Crippen LogP contribution in [0.3, 0.4) is 0 Å². The van der Waals surface area contributed by atoms with E-state index in [1.165, 1.54) is 38.5 Å². The average Bonchev–Trinajstić information content (AvgIpc) is 2.60. The molecule has 0 amide bonds. The summed E-state index contributed by atoms with van der Waals surface area (Å²) in [4.78, 5) is 0. The molecule has 0 aliphatic heterocycles. The molecule has 5 heteroatoms. The first-order valence-electron chi connectivity index (χ1n) is 11.0. The maximum Gasteiger partial charge on any atom is 0.101 e. The monoisotopic (exact) mass is 390 g/mol. The van der Waals surface area contributed by atoms with Crippen LogP contribution >= 0.6 is 0 Å². The van der Waals surface area contributed by atoms with Gasteiger partial charge in [0.15, 0.2) is 0 Å². The summed E-state index contributed by atoms with van der Waals surface area (Å²) in [6.45, 7) is 10.0. The predicted octanol–water partition coefficient (Wildman–Crippen LogP) is 3.78. The van der Waals surface area contributed by atoms with E-state index in [0.29, 0.717) is 6.61 Å². The van der Waals surface area contributed by atoms with Crippen molar-refractivity contribution in [2.45, 2.75) is 91.3 Å². The first kappa shape index (κ1) is 26.8. The predicted molar refractivity (Wildman–Crippen MR) is 111 cm³/mol. The van der Waals surface area contributed by atoms with Gasteiger partial charge in [-0.15, -0.1) is 0 Å². The molecule has 0 aromatic rings. The number of hydrogen-bond acceptors (Lipinski definition) is 5. The SMILES string of the molecule is CC(C)CCCC(C)CCCC(C)CCCOCC(O)COCC(O)CO. The van der Waals surface area contributed by atoms with E-state index in [0.717, 1.165) is 30.6 Å². The van der Waals surface area contributed by atoms with Crippen LogP contribution in [0, 0.1) is 17.8 Å². The van der Waals surface area contributed by atoms with Gasteiger partial charge in [0.1, 0.15) is 12.2 Å². The third-order valence-electron chi connectivity index (χ3n) is 5.00. The topological polar surface area (TPSA) is 79.2 Å². The molecule has 0 aliphatic carbocycles. The lowest BCUT2D eigenvalue weighted by atomic mass is 9.92. The van der Waals surface area contributed by atoms with Crippen molar-refractivity contribution in [1.29, 1.82) is 0 Å². The van der Waals surface area contributed by atoms with Crippen LogP contribution in [0.4, 0.5) is 0 Å². The van der Waals surface area contributed by atoms with E-state index in [2.05, 4.69) is 27.7 Å². The standard InChI is InChI=1S/C22H46O5/c1-18(2)8-5-9-19(3)10-6-11-20(4)12-7-13-26-16-22(25)17-27-15-21(24)14-23/h18-25H,5-17H2,1-4H3. The lowest BCUT2D eigenvalue weighted by molar-refractivity contribution is -0.0483. The van der Waals surface area contributed by atoms with Crippen molar-refractivity contribution in [3.05, 3.63) is 0 Å². The highest BCUT2D eigenvalue weighted by Crippen LogP contribution is 2.20. The van der Waals surface area contributed by atoms with E-state index in [4.69, 9.17) is 19.7 Å². The van der Waals surface area contributed by atoms with E-state index >= 15 is 0 Å². The molecule has 0 radical (unpaired) electrons. The highest BCUT2D eigenvalue weighted by molar-refractivity contribution is 4.60. The third-order valence-corrected chi connectivity index (χ3v) is 5.00. The quantitative estimate of drug-likeness (QED) is 0.293. The van der Waals surface area contributed by atoms with Crippen LogP contribution in [0.5, 0.6) is 0 Å². The van der Waals surface area contributed by atoms with Gasteiger partial charge in [0.25, 0.3) is 0 Å². The van der Waals surface area contributed by atoms with Crippen molar-refractivity contribution in [2.24, 2.45) is 17.8 Å². The maximum absolute atomic E-state index is 9.71. The minimum Gasteiger partial charge on any atom is -0.394 e. The molecule has 0 aliphatic rings. The van der Waals surface area contributed by atoms with Gasteiger partial charge in [-0.3, -0.25) is 0 Å². The molecule has 0 aromatic carbocycles. The molecule has 0 heterocycles.